The van der Waals surface area contributed by atoms with Crippen molar-refractivity contribution in [2.75, 3.05) is 6.54 Å². The van der Waals surface area contributed by atoms with Crippen LogP contribution < -0.4 is 0 Å². The summed E-state index contributed by atoms with van der Waals surface area (Å²) in [7, 11) is 0. The highest BCUT2D eigenvalue weighted by Crippen LogP contribution is 2.21. The Bertz CT molecular complexity index is 263. The zero-order valence-electron chi connectivity index (χ0n) is 9.56. The standard InChI is InChI=1S/C11H19NO3/c1-7(8(2)13)11(15)12-6-4-5-10(12)9(3)14/h7-8,10,13H,4-6H2,1-3H3. The largest absolute Gasteiger partial charge is 0.393 e. The Kier molecular flexibility index (Phi) is 3.85. The second kappa shape index (κ2) is 4.75. The molecule has 4 heteroatoms. The molecule has 0 spiro atoms. The number of aliphatic hydroxyl groups excluding tert-OH is 1. The van der Waals surface area contributed by atoms with Gasteiger partial charge >= 0.3 is 0 Å². The molecule has 15 heavy (non-hydrogen) atoms. The Morgan fingerprint density at radius 2 is 2.00 bits per heavy atom. The average molecular weight is 213 g/mol. The van der Waals surface area contributed by atoms with Crippen molar-refractivity contribution in [2.45, 2.75) is 45.8 Å². The molecule has 3 atom stereocenters. The lowest BCUT2D eigenvalue weighted by Crippen LogP contribution is -2.44. The van der Waals surface area contributed by atoms with Crippen molar-refractivity contribution in [3.8, 4) is 0 Å². The van der Waals surface area contributed by atoms with Gasteiger partial charge in [0.05, 0.1) is 18.1 Å². The summed E-state index contributed by atoms with van der Waals surface area (Å²) in [5, 5.41) is 9.34. The summed E-state index contributed by atoms with van der Waals surface area (Å²) < 4.78 is 0. The molecule has 0 aromatic heterocycles. The van der Waals surface area contributed by atoms with E-state index in [9.17, 15) is 14.7 Å². The first-order valence-electron chi connectivity index (χ1n) is 5.44. The van der Waals surface area contributed by atoms with Crippen LogP contribution >= 0.6 is 0 Å². The maximum absolute atomic E-state index is 11.9. The van der Waals surface area contributed by atoms with Crippen LogP contribution in [0.4, 0.5) is 0 Å². The topological polar surface area (TPSA) is 57.6 Å². The Morgan fingerprint density at radius 3 is 2.47 bits per heavy atom. The monoisotopic (exact) mass is 213 g/mol. The fourth-order valence-corrected chi connectivity index (χ4v) is 1.92. The van der Waals surface area contributed by atoms with Gasteiger partial charge in [-0.2, -0.15) is 0 Å². The fraction of sp³-hybridized carbons (Fsp3) is 0.818. The minimum Gasteiger partial charge on any atom is -0.393 e. The second-order valence-electron chi connectivity index (χ2n) is 4.33. The number of likely N-dealkylation sites (tertiary alicyclic amines) is 1. The fourth-order valence-electron chi connectivity index (χ4n) is 1.92. The molecule has 0 aliphatic carbocycles. The molecule has 1 aliphatic heterocycles. The maximum atomic E-state index is 11.9. The first-order valence-corrected chi connectivity index (χ1v) is 5.44. The van der Waals surface area contributed by atoms with Gasteiger partial charge in [0.25, 0.3) is 0 Å². The zero-order valence-corrected chi connectivity index (χ0v) is 9.56. The molecule has 1 saturated heterocycles. The lowest BCUT2D eigenvalue weighted by atomic mass is 10.0. The van der Waals surface area contributed by atoms with Gasteiger partial charge in [0.15, 0.2) is 5.78 Å². The van der Waals surface area contributed by atoms with Gasteiger partial charge in [-0.1, -0.05) is 6.92 Å². The molecule has 86 valence electrons. The highest BCUT2D eigenvalue weighted by Gasteiger charge is 2.34. The van der Waals surface area contributed by atoms with Crippen molar-refractivity contribution in [1.82, 2.24) is 4.90 Å². The first-order chi connectivity index (χ1) is 6.95. The zero-order chi connectivity index (χ0) is 11.6. The number of hydrogen-bond donors (Lipinski definition) is 1. The van der Waals surface area contributed by atoms with Gasteiger partial charge in [0.1, 0.15) is 0 Å². The molecule has 0 aromatic rings. The number of nitrogens with zero attached hydrogens (tertiary/aromatic N) is 1. The van der Waals surface area contributed by atoms with Crippen LogP contribution in [0.1, 0.15) is 33.6 Å². The van der Waals surface area contributed by atoms with Crippen molar-refractivity contribution < 1.29 is 14.7 Å². The molecule has 0 saturated carbocycles. The number of Topliss-reactive ketones (excluding diaryl/α,β-unsaturated/α-hetero) is 1. The molecule has 0 radical (unpaired) electrons. The molecule has 1 N–H and O–H groups in total. The van der Waals surface area contributed by atoms with Crippen LogP contribution in [0.2, 0.25) is 0 Å². The van der Waals surface area contributed by atoms with E-state index in [1.807, 2.05) is 0 Å². The van der Waals surface area contributed by atoms with Crippen molar-refractivity contribution in [3.05, 3.63) is 0 Å². The van der Waals surface area contributed by atoms with Gasteiger partial charge in [-0.15, -0.1) is 0 Å². The molecule has 4 nitrogen and oxygen atoms in total. The van der Waals surface area contributed by atoms with Crippen LogP contribution in [-0.2, 0) is 9.59 Å². The number of carbonyl (C=O) groups excluding carboxylic acids is 2. The lowest BCUT2D eigenvalue weighted by molar-refractivity contribution is -0.142. The lowest BCUT2D eigenvalue weighted by Gasteiger charge is -2.26. The molecule has 1 fully saturated rings. The number of carbonyl (C=O) groups is 2. The van der Waals surface area contributed by atoms with Crippen LogP contribution in [0.3, 0.4) is 0 Å². The molecule has 0 aromatic carbocycles. The van der Waals surface area contributed by atoms with Crippen molar-refractivity contribution in [2.24, 2.45) is 5.92 Å². The van der Waals surface area contributed by atoms with Crippen LogP contribution in [-0.4, -0.2) is 40.4 Å². The number of rotatable bonds is 3. The SMILES string of the molecule is CC(=O)C1CCCN1C(=O)C(C)C(C)O. The summed E-state index contributed by atoms with van der Waals surface area (Å²) in [5.74, 6) is -0.494. The van der Waals surface area contributed by atoms with Crippen molar-refractivity contribution in [1.29, 1.82) is 0 Å². The molecule has 3 unspecified atom stereocenters. The predicted octanol–water partition coefficient (Wildman–Crippen LogP) is 0.583. The minimum absolute atomic E-state index is 0.0404. The summed E-state index contributed by atoms with van der Waals surface area (Å²) in [5.41, 5.74) is 0. The summed E-state index contributed by atoms with van der Waals surface area (Å²) in [4.78, 5) is 24.8. The predicted molar refractivity (Wildman–Crippen MR) is 56.3 cm³/mol. The van der Waals surface area contributed by atoms with Gasteiger partial charge in [-0.25, -0.2) is 0 Å². The Hall–Kier alpha value is -0.900. The van der Waals surface area contributed by atoms with E-state index in [0.717, 1.165) is 12.8 Å². The van der Waals surface area contributed by atoms with E-state index in [0.29, 0.717) is 6.54 Å². The third-order valence-electron chi connectivity index (χ3n) is 3.12. The quantitative estimate of drug-likeness (QED) is 0.746. The van der Waals surface area contributed by atoms with Gasteiger partial charge in [0.2, 0.25) is 5.91 Å². The van der Waals surface area contributed by atoms with E-state index in [4.69, 9.17) is 0 Å². The van der Waals surface area contributed by atoms with E-state index in [1.54, 1.807) is 18.7 Å². The Labute approximate surface area is 90.3 Å². The second-order valence-corrected chi connectivity index (χ2v) is 4.33. The van der Waals surface area contributed by atoms with E-state index >= 15 is 0 Å². The Balaban J connectivity index is 2.70. The number of amides is 1. The van der Waals surface area contributed by atoms with Gasteiger partial charge in [-0.3, -0.25) is 9.59 Å². The minimum atomic E-state index is -0.661. The van der Waals surface area contributed by atoms with Crippen LogP contribution in [0.15, 0.2) is 0 Å². The van der Waals surface area contributed by atoms with Crippen LogP contribution in [0.25, 0.3) is 0 Å². The number of aliphatic hydroxyl groups is 1. The highest BCUT2D eigenvalue weighted by molar-refractivity contribution is 5.89. The summed E-state index contributed by atoms with van der Waals surface area (Å²) >= 11 is 0. The van der Waals surface area contributed by atoms with E-state index in [2.05, 4.69) is 0 Å². The third kappa shape index (κ3) is 2.56. The smallest absolute Gasteiger partial charge is 0.228 e. The number of ketones is 1. The molecule has 1 rings (SSSR count). The molecule has 0 bridgehead atoms. The summed E-state index contributed by atoms with van der Waals surface area (Å²) in [6, 6.07) is -0.265. The molecular weight excluding hydrogens is 194 g/mol. The van der Waals surface area contributed by atoms with Gasteiger partial charge in [-0.05, 0) is 26.7 Å². The van der Waals surface area contributed by atoms with E-state index in [1.165, 1.54) is 6.92 Å². The van der Waals surface area contributed by atoms with Crippen LogP contribution in [0, 0.1) is 5.92 Å². The normalized spacial score (nSPS) is 25.1. The molecular formula is C11H19NO3. The van der Waals surface area contributed by atoms with Crippen LogP contribution in [0.5, 0.6) is 0 Å². The molecule has 1 amide bonds. The highest BCUT2D eigenvalue weighted by atomic mass is 16.3. The third-order valence-corrected chi connectivity index (χ3v) is 3.12. The van der Waals surface area contributed by atoms with Gasteiger partial charge in [0, 0.05) is 6.54 Å². The summed E-state index contributed by atoms with van der Waals surface area (Å²) in [6.45, 7) is 5.45. The van der Waals surface area contributed by atoms with Gasteiger partial charge < -0.3 is 10.0 Å². The van der Waals surface area contributed by atoms with E-state index in [-0.39, 0.29) is 17.7 Å². The van der Waals surface area contributed by atoms with Crippen molar-refractivity contribution in [3.63, 3.8) is 0 Å². The maximum Gasteiger partial charge on any atom is 0.228 e. The first kappa shape index (κ1) is 12.2. The average Bonchev–Trinajstić information content (AvgIpc) is 2.63. The molecule has 1 heterocycles. The Morgan fingerprint density at radius 1 is 1.40 bits per heavy atom. The van der Waals surface area contributed by atoms with Crippen molar-refractivity contribution >= 4 is 11.7 Å². The van der Waals surface area contributed by atoms with E-state index < -0.39 is 12.0 Å². The summed E-state index contributed by atoms with van der Waals surface area (Å²) in [6.07, 6.45) is 0.974. The number of hydrogen-bond acceptors (Lipinski definition) is 3. The molecule has 1 aliphatic rings.